The Kier molecular flexibility index (Phi) is 3.48. The molecule has 4 heteroatoms. The smallest absolute Gasteiger partial charge is 0.129 e. The molecule has 0 spiro atoms. The van der Waals surface area contributed by atoms with E-state index in [1.165, 1.54) is 6.07 Å². The van der Waals surface area contributed by atoms with Crippen LogP contribution in [0.3, 0.4) is 0 Å². The molecule has 2 atom stereocenters. The minimum Gasteiger partial charge on any atom is -0.323 e. The highest BCUT2D eigenvalue weighted by Gasteiger charge is 2.31. The van der Waals surface area contributed by atoms with Crippen molar-refractivity contribution in [3.63, 3.8) is 0 Å². The molecule has 2 N–H and O–H groups in total. The van der Waals surface area contributed by atoms with E-state index in [1.54, 1.807) is 17.8 Å². The molecule has 1 aliphatic heterocycles. The molecule has 0 radical (unpaired) electrons. The molecule has 1 nitrogen and oxygen atoms in total. The lowest BCUT2D eigenvalue weighted by atomic mass is 9.93. The highest BCUT2D eigenvalue weighted by atomic mass is 35.5. The summed E-state index contributed by atoms with van der Waals surface area (Å²) in [6.45, 7) is 4.28. The molecule has 0 saturated heterocycles. The molecule has 2 unspecified atom stereocenters. The topological polar surface area (TPSA) is 26.0 Å². The van der Waals surface area contributed by atoms with Crippen molar-refractivity contribution in [3.05, 3.63) is 34.1 Å². The first kappa shape index (κ1) is 12.2. The van der Waals surface area contributed by atoms with E-state index in [-0.39, 0.29) is 11.9 Å². The maximum absolute atomic E-state index is 13.7. The molecule has 1 aromatic rings. The van der Waals surface area contributed by atoms with E-state index in [2.05, 4.69) is 13.8 Å². The largest absolute Gasteiger partial charge is 0.323 e. The third kappa shape index (κ3) is 2.08. The van der Waals surface area contributed by atoms with E-state index in [9.17, 15) is 4.39 Å². The van der Waals surface area contributed by atoms with Gasteiger partial charge in [-0.1, -0.05) is 25.4 Å². The number of benzene rings is 1. The van der Waals surface area contributed by atoms with Crippen LogP contribution in [0.2, 0.25) is 5.02 Å². The van der Waals surface area contributed by atoms with Gasteiger partial charge in [-0.3, -0.25) is 0 Å². The Labute approximate surface area is 105 Å². The Hall–Kier alpha value is -0.250. The number of nitrogens with two attached hydrogens (primary N) is 1. The fraction of sp³-hybridized carbons (Fsp3) is 0.500. The first-order chi connectivity index (χ1) is 7.50. The Morgan fingerprint density at radius 2 is 2.19 bits per heavy atom. The summed E-state index contributed by atoms with van der Waals surface area (Å²) in [5, 5.41) is 0.770. The second-order valence-corrected chi connectivity index (χ2v) is 6.10. The fourth-order valence-electron chi connectivity index (χ4n) is 2.14. The summed E-state index contributed by atoms with van der Waals surface area (Å²) in [7, 11) is 0. The molecule has 0 aliphatic carbocycles. The summed E-state index contributed by atoms with van der Waals surface area (Å²) in [6, 6.07) is 3.05. The van der Waals surface area contributed by atoms with E-state index in [0.29, 0.717) is 21.9 Å². The SMILES string of the molecule is CC(C)C1SCc2c(F)cc(Cl)cc2C1N. The van der Waals surface area contributed by atoms with Crippen LogP contribution in [0.25, 0.3) is 0 Å². The average Bonchev–Trinajstić information content (AvgIpc) is 2.19. The van der Waals surface area contributed by atoms with Crippen LogP contribution in [-0.4, -0.2) is 5.25 Å². The van der Waals surface area contributed by atoms with Gasteiger partial charge in [-0.25, -0.2) is 4.39 Å². The molecule has 88 valence electrons. The molecule has 1 aliphatic rings. The second-order valence-electron chi connectivity index (χ2n) is 4.50. The monoisotopic (exact) mass is 259 g/mol. The number of halogens is 2. The van der Waals surface area contributed by atoms with Crippen LogP contribution >= 0.6 is 23.4 Å². The third-order valence-corrected chi connectivity index (χ3v) is 4.88. The van der Waals surface area contributed by atoms with Gasteiger partial charge in [-0.05, 0) is 23.6 Å². The zero-order valence-electron chi connectivity index (χ0n) is 9.34. The molecular weight excluding hydrogens is 245 g/mol. The number of hydrogen-bond donors (Lipinski definition) is 1. The van der Waals surface area contributed by atoms with E-state index < -0.39 is 0 Å². The van der Waals surface area contributed by atoms with Crippen LogP contribution < -0.4 is 5.73 Å². The minimum atomic E-state index is -0.229. The molecule has 0 saturated carbocycles. The molecule has 1 aromatic carbocycles. The zero-order valence-corrected chi connectivity index (χ0v) is 10.9. The molecule has 2 rings (SSSR count). The molecule has 0 aromatic heterocycles. The van der Waals surface area contributed by atoms with Crippen LogP contribution in [0.1, 0.15) is 31.0 Å². The van der Waals surface area contributed by atoms with Crippen LogP contribution in [-0.2, 0) is 5.75 Å². The van der Waals surface area contributed by atoms with Crippen LogP contribution in [0.15, 0.2) is 12.1 Å². The van der Waals surface area contributed by atoms with Crippen molar-refractivity contribution in [1.82, 2.24) is 0 Å². The van der Waals surface area contributed by atoms with Gasteiger partial charge < -0.3 is 5.73 Å². The van der Waals surface area contributed by atoms with Gasteiger partial charge in [-0.15, -0.1) is 0 Å². The van der Waals surface area contributed by atoms with Crippen molar-refractivity contribution in [3.8, 4) is 0 Å². The lowest BCUT2D eigenvalue weighted by Gasteiger charge is -2.33. The van der Waals surface area contributed by atoms with Gasteiger partial charge in [0.05, 0.1) is 0 Å². The summed E-state index contributed by atoms with van der Waals surface area (Å²) in [5.41, 5.74) is 7.78. The van der Waals surface area contributed by atoms with E-state index >= 15 is 0 Å². The maximum atomic E-state index is 13.7. The third-order valence-electron chi connectivity index (χ3n) is 2.99. The van der Waals surface area contributed by atoms with Gasteiger partial charge in [-0.2, -0.15) is 11.8 Å². The highest BCUT2D eigenvalue weighted by Crippen LogP contribution is 2.41. The summed E-state index contributed by atoms with van der Waals surface area (Å²) in [4.78, 5) is 0. The summed E-state index contributed by atoms with van der Waals surface area (Å²) >= 11 is 7.61. The van der Waals surface area contributed by atoms with E-state index in [4.69, 9.17) is 17.3 Å². The van der Waals surface area contributed by atoms with Crippen molar-refractivity contribution >= 4 is 23.4 Å². The molecule has 0 amide bonds. The maximum Gasteiger partial charge on any atom is 0.129 e. The first-order valence-corrected chi connectivity index (χ1v) is 6.78. The Morgan fingerprint density at radius 3 is 2.81 bits per heavy atom. The van der Waals surface area contributed by atoms with Crippen LogP contribution in [0.4, 0.5) is 4.39 Å². The van der Waals surface area contributed by atoms with Crippen molar-refractivity contribution in [2.45, 2.75) is 30.9 Å². The summed E-state index contributed by atoms with van der Waals surface area (Å²) < 4.78 is 13.7. The average molecular weight is 260 g/mol. The number of thioether (sulfide) groups is 1. The van der Waals surface area contributed by atoms with Crippen molar-refractivity contribution in [2.75, 3.05) is 0 Å². The normalized spacial score (nSPS) is 24.6. The Balaban J connectivity index is 2.44. The minimum absolute atomic E-state index is 0.123. The van der Waals surface area contributed by atoms with Gasteiger partial charge in [0.25, 0.3) is 0 Å². The quantitative estimate of drug-likeness (QED) is 0.831. The van der Waals surface area contributed by atoms with Gasteiger partial charge in [0.2, 0.25) is 0 Å². The van der Waals surface area contributed by atoms with Crippen molar-refractivity contribution < 1.29 is 4.39 Å². The van der Waals surface area contributed by atoms with Gasteiger partial charge in [0, 0.05) is 27.6 Å². The summed E-state index contributed by atoms with van der Waals surface area (Å²) in [5.74, 6) is 0.942. The second kappa shape index (κ2) is 4.55. The lowest BCUT2D eigenvalue weighted by Crippen LogP contribution is -2.32. The predicted octanol–water partition coefficient (Wildman–Crippen LogP) is 3.75. The van der Waals surface area contributed by atoms with Crippen molar-refractivity contribution in [1.29, 1.82) is 0 Å². The van der Waals surface area contributed by atoms with E-state index in [0.717, 1.165) is 11.1 Å². The van der Waals surface area contributed by atoms with Gasteiger partial charge in [0.15, 0.2) is 0 Å². The number of hydrogen-bond acceptors (Lipinski definition) is 2. The van der Waals surface area contributed by atoms with E-state index in [1.807, 2.05) is 0 Å². The number of fused-ring (bicyclic) bond motifs is 1. The van der Waals surface area contributed by atoms with Gasteiger partial charge in [0.1, 0.15) is 5.82 Å². The number of rotatable bonds is 1. The Morgan fingerprint density at radius 1 is 1.50 bits per heavy atom. The lowest BCUT2D eigenvalue weighted by molar-refractivity contribution is 0.513. The molecule has 0 fully saturated rings. The molecular formula is C12H15ClFNS. The zero-order chi connectivity index (χ0) is 11.9. The fourth-order valence-corrected chi connectivity index (χ4v) is 3.76. The highest BCUT2D eigenvalue weighted by molar-refractivity contribution is 7.99. The molecule has 1 heterocycles. The van der Waals surface area contributed by atoms with Gasteiger partial charge >= 0.3 is 0 Å². The Bertz CT molecular complexity index is 408. The van der Waals surface area contributed by atoms with Crippen molar-refractivity contribution in [2.24, 2.45) is 11.7 Å². The summed E-state index contributed by atoms with van der Waals surface area (Å²) in [6.07, 6.45) is 0. The molecule has 0 bridgehead atoms. The van der Waals surface area contributed by atoms with Crippen LogP contribution in [0, 0.1) is 11.7 Å². The first-order valence-electron chi connectivity index (χ1n) is 5.35. The molecule has 16 heavy (non-hydrogen) atoms. The predicted molar refractivity (Wildman–Crippen MR) is 68.3 cm³/mol. The van der Waals surface area contributed by atoms with Crippen LogP contribution in [0.5, 0.6) is 0 Å². The standard InChI is InChI=1S/C12H15ClFNS/c1-6(2)12-11(15)8-3-7(13)4-10(14)9(8)5-16-12/h3-4,6,11-12H,5,15H2,1-2H3.